The number of likely N-dealkylation sites (tertiary alicyclic amines) is 1. The molecule has 198 valence electrons. The Morgan fingerprint density at radius 2 is 1.86 bits per heavy atom. The molecule has 2 aromatic heterocycles. The van der Waals surface area contributed by atoms with E-state index in [0.717, 1.165) is 0 Å². The minimum Gasteiger partial charge on any atom is -0.336 e. The van der Waals surface area contributed by atoms with E-state index in [-0.39, 0.29) is 23.8 Å². The predicted molar refractivity (Wildman–Crippen MR) is 123 cm³/mol. The monoisotopic (exact) mass is 519 g/mol. The van der Waals surface area contributed by atoms with Crippen molar-refractivity contribution in [3.8, 4) is 6.07 Å². The van der Waals surface area contributed by atoms with Gasteiger partial charge in [0.1, 0.15) is 18.1 Å². The van der Waals surface area contributed by atoms with Gasteiger partial charge in [0.2, 0.25) is 17.6 Å². The fourth-order valence-corrected chi connectivity index (χ4v) is 5.24. The zero-order valence-corrected chi connectivity index (χ0v) is 21.0. The molecular formula is C24H28F3N7O3. The van der Waals surface area contributed by atoms with Gasteiger partial charge < -0.3 is 15.5 Å². The lowest BCUT2D eigenvalue weighted by Gasteiger charge is -2.37. The predicted octanol–water partition coefficient (Wildman–Crippen LogP) is 1.99. The number of alkyl halides is 3. The summed E-state index contributed by atoms with van der Waals surface area (Å²) in [7, 11) is 0. The van der Waals surface area contributed by atoms with E-state index < -0.39 is 47.4 Å². The highest BCUT2D eigenvalue weighted by atomic mass is 19.4. The highest BCUT2D eigenvalue weighted by molar-refractivity contribution is 5.95. The van der Waals surface area contributed by atoms with Gasteiger partial charge in [-0.05, 0) is 22.7 Å². The summed E-state index contributed by atoms with van der Waals surface area (Å²) in [6.07, 6.45) is 1.03. The van der Waals surface area contributed by atoms with E-state index in [2.05, 4.69) is 15.3 Å². The second kappa shape index (κ2) is 8.71. The second-order valence-corrected chi connectivity index (χ2v) is 11.3. The van der Waals surface area contributed by atoms with Crippen LogP contribution < -0.4 is 10.6 Å². The summed E-state index contributed by atoms with van der Waals surface area (Å²) in [6.45, 7) is 8.67. The molecule has 0 radical (unpaired) electrons. The molecule has 13 heteroatoms. The summed E-state index contributed by atoms with van der Waals surface area (Å²) in [5.41, 5.74) is -0.943. The highest BCUT2D eigenvalue weighted by Gasteiger charge is 2.70. The number of carbonyl (C=O) groups excluding carboxylic acids is 3. The largest absolute Gasteiger partial charge is 0.471 e. The number of piperidine rings is 1. The van der Waals surface area contributed by atoms with Gasteiger partial charge in [-0.25, -0.2) is 9.97 Å². The minimum absolute atomic E-state index is 0.0457. The SMILES string of the molecule is CC(C)(C)[C@H](NC(=O)C(F)(F)F)C(=O)N1C[C@H]2[C@@H]([C@H]1C(=O)NC(C#N)c1cnc3nccn3c1)C2(C)C. The van der Waals surface area contributed by atoms with Crippen LogP contribution in [0, 0.1) is 34.0 Å². The van der Waals surface area contributed by atoms with E-state index in [1.54, 1.807) is 16.8 Å². The van der Waals surface area contributed by atoms with Crippen molar-refractivity contribution in [3.63, 3.8) is 0 Å². The number of halogens is 3. The minimum atomic E-state index is -5.17. The van der Waals surface area contributed by atoms with Crippen molar-refractivity contribution in [3.05, 3.63) is 30.4 Å². The molecule has 4 rings (SSSR count). The van der Waals surface area contributed by atoms with Crippen LogP contribution in [0.15, 0.2) is 24.8 Å². The van der Waals surface area contributed by atoms with Crippen LogP contribution in [0.1, 0.15) is 46.2 Å². The van der Waals surface area contributed by atoms with Crippen LogP contribution in [0.2, 0.25) is 0 Å². The molecule has 0 bridgehead atoms. The van der Waals surface area contributed by atoms with Gasteiger partial charge in [-0.2, -0.15) is 18.4 Å². The van der Waals surface area contributed by atoms with E-state index in [1.165, 1.54) is 38.1 Å². The molecule has 10 nitrogen and oxygen atoms in total. The van der Waals surface area contributed by atoms with Gasteiger partial charge in [0, 0.05) is 36.9 Å². The molecule has 2 aromatic rings. The van der Waals surface area contributed by atoms with Gasteiger partial charge in [-0.1, -0.05) is 34.6 Å². The number of nitrogens with zero attached hydrogens (tertiary/aromatic N) is 5. The molecule has 1 aliphatic carbocycles. The molecule has 0 aromatic carbocycles. The number of nitriles is 1. The topological polar surface area (TPSA) is 132 Å². The van der Waals surface area contributed by atoms with Gasteiger partial charge in [0.25, 0.3) is 0 Å². The number of rotatable bonds is 5. The molecule has 1 saturated heterocycles. The zero-order valence-electron chi connectivity index (χ0n) is 21.0. The van der Waals surface area contributed by atoms with E-state index in [1.807, 2.05) is 25.2 Å². The first-order chi connectivity index (χ1) is 17.1. The Morgan fingerprint density at radius 3 is 2.46 bits per heavy atom. The van der Waals surface area contributed by atoms with Crippen LogP contribution in [-0.2, 0) is 14.4 Å². The van der Waals surface area contributed by atoms with Crippen LogP contribution >= 0.6 is 0 Å². The summed E-state index contributed by atoms with van der Waals surface area (Å²) in [4.78, 5) is 48.2. The normalized spacial score (nSPS) is 24.1. The van der Waals surface area contributed by atoms with Gasteiger partial charge in [0.05, 0.1) is 6.07 Å². The number of hydrogen-bond donors (Lipinski definition) is 2. The van der Waals surface area contributed by atoms with Crippen molar-refractivity contribution in [2.75, 3.05) is 6.54 Å². The molecule has 0 spiro atoms. The smallest absolute Gasteiger partial charge is 0.336 e. The summed E-state index contributed by atoms with van der Waals surface area (Å²) in [5.74, 6) is -3.48. The maximum Gasteiger partial charge on any atom is 0.471 e. The van der Waals surface area contributed by atoms with Crippen LogP contribution in [-0.4, -0.2) is 61.8 Å². The van der Waals surface area contributed by atoms with Crippen molar-refractivity contribution in [1.82, 2.24) is 29.9 Å². The van der Waals surface area contributed by atoms with Crippen molar-refractivity contribution in [2.45, 2.75) is 58.9 Å². The zero-order chi connectivity index (χ0) is 27.5. The molecule has 5 atom stereocenters. The molecule has 1 unspecified atom stereocenters. The van der Waals surface area contributed by atoms with Crippen molar-refractivity contribution < 1.29 is 27.6 Å². The number of aromatic nitrogens is 3. The highest BCUT2D eigenvalue weighted by Crippen LogP contribution is 2.65. The van der Waals surface area contributed by atoms with Crippen LogP contribution in [0.4, 0.5) is 13.2 Å². The maximum absolute atomic E-state index is 13.6. The molecule has 1 aliphatic heterocycles. The number of carbonyl (C=O) groups is 3. The maximum atomic E-state index is 13.6. The van der Waals surface area contributed by atoms with E-state index in [9.17, 15) is 32.8 Å². The van der Waals surface area contributed by atoms with E-state index in [4.69, 9.17) is 0 Å². The number of amides is 3. The third-order valence-corrected chi connectivity index (χ3v) is 7.42. The van der Waals surface area contributed by atoms with E-state index >= 15 is 0 Å². The fraction of sp³-hybridized carbons (Fsp3) is 0.583. The fourth-order valence-electron chi connectivity index (χ4n) is 5.24. The Hall–Kier alpha value is -3.69. The molecule has 37 heavy (non-hydrogen) atoms. The van der Waals surface area contributed by atoms with Crippen molar-refractivity contribution in [2.24, 2.45) is 22.7 Å². The lowest BCUT2D eigenvalue weighted by Crippen LogP contribution is -2.60. The molecule has 2 aliphatic rings. The Morgan fingerprint density at radius 1 is 1.19 bits per heavy atom. The summed E-state index contributed by atoms with van der Waals surface area (Å²) in [5, 5.41) is 14.3. The van der Waals surface area contributed by atoms with Gasteiger partial charge in [0.15, 0.2) is 0 Å². The number of imidazole rings is 1. The van der Waals surface area contributed by atoms with Crippen molar-refractivity contribution in [1.29, 1.82) is 5.26 Å². The Kier molecular flexibility index (Phi) is 6.21. The average Bonchev–Trinajstić information content (AvgIpc) is 3.21. The van der Waals surface area contributed by atoms with Gasteiger partial charge in [-0.15, -0.1) is 0 Å². The lowest BCUT2D eigenvalue weighted by molar-refractivity contribution is -0.176. The van der Waals surface area contributed by atoms with Crippen LogP contribution in [0.5, 0.6) is 0 Å². The summed E-state index contributed by atoms with van der Waals surface area (Å²) >= 11 is 0. The first-order valence-electron chi connectivity index (χ1n) is 11.7. The Labute approximate surface area is 211 Å². The number of fused-ring (bicyclic) bond motifs is 2. The molecule has 2 fully saturated rings. The quantitative estimate of drug-likeness (QED) is 0.621. The molecule has 3 heterocycles. The standard InChI is InChI=1S/C24H28F3N7O3/c1-22(2,3)17(32-20(37)24(25,26)27)19(36)34-11-13-15(23(13,4)5)16(34)18(35)31-14(8-28)12-9-30-21-29-6-7-33(21)10-12/h6-7,9-10,13-17H,11H2,1-5H3,(H,31,35)(H,32,37)/t13-,14?,15-,16-,17+/m0/s1. The summed E-state index contributed by atoms with van der Waals surface area (Å²) in [6, 6.07) is -1.60. The van der Waals surface area contributed by atoms with Crippen LogP contribution in [0.25, 0.3) is 5.78 Å². The van der Waals surface area contributed by atoms with Gasteiger partial charge in [-0.3, -0.25) is 18.8 Å². The first kappa shape index (κ1) is 26.4. The third kappa shape index (κ3) is 4.72. The molecular weight excluding hydrogens is 491 g/mol. The second-order valence-electron chi connectivity index (χ2n) is 11.3. The van der Waals surface area contributed by atoms with E-state index in [0.29, 0.717) is 11.3 Å². The first-order valence-corrected chi connectivity index (χ1v) is 11.7. The number of hydrogen-bond acceptors (Lipinski definition) is 6. The Bertz CT molecular complexity index is 1290. The molecule has 2 N–H and O–H groups in total. The summed E-state index contributed by atoms with van der Waals surface area (Å²) < 4.78 is 40.6. The molecule has 1 saturated carbocycles. The molecule has 3 amide bonds. The van der Waals surface area contributed by atoms with Gasteiger partial charge >= 0.3 is 12.1 Å². The third-order valence-electron chi connectivity index (χ3n) is 7.42. The van der Waals surface area contributed by atoms with Crippen molar-refractivity contribution >= 4 is 23.5 Å². The average molecular weight is 520 g/mol. The number of nitrogens with one attached hydrogen (secondary N) is 2. The lowest BCUT2D eigenvalue weighted by atomic mass is 9.85. The van der Waals surface area contributed by atoms with Crippen LogP contribution in [0.3, 0.4) is 0 Å². The Balaban J connectivity index is 1.60.